The quantitative estimate of drug-likeness (QED) is 0.606. The van der Waals surface area contributed by atoms with Crippen LogP contribution in [-0.4, -0.2) is 30.5 Å². The van der Waals surface area contributed by atoms with E-state index in [-0.39, 0.29) is 0 Å². The van der Waals surface area contributed by atoms with Crippen LogP contribution in [0.25, 0.3) is 11.3 Å². The number of hydrogen-bond acceptors (Lipinski definition) is 2. The number of aromatic nitrogens is 2. The maximum Gasteiger partial charge on any atom is 0.0994 e. The molecule has 0 saturated carbocycles. The van der Waals surface area contributed by atoms with E-state index in [1.807, 2.05) is 24.3 Å². The Morgan fingerprint density at radius 2 is 1.71 bits per heavy atom. The molecule has 0 unspecified atom stereocenters. The number of hydrogen-bond donors (Lipinski definition) is 0. The first-order valence-electron chi connectivity index (χ1n) is 4.11. The lowest BCUT2D eigenvalue weighted by Gasteiger charge is -2.00. The van der Waals surface area contributed by atoms with Crippen molar-refractivity contribution in [1.82, 2.24) is 9.97 Å². The summed E-state index contributed by atoms with van der Waals surface area (Å²) in [7, 11) is 6.73. The van der Waals surface area contributed by atoms with E-state index in [0.717, 1.165) is 21.8 Å². The number of pyridine rings is 2. The lowest BCUT2D eigenvalue weighted by Crippen LogP contribution is -2.06. The molecule has 0 aliphatic rings. The summed E-state index contributed by atoms with van der Waals surface area (Å²) in [6, 6.07) is 7.79. The van der Waals surface area contributed by atoms with Crippen LogP contribution in [0.15, 0.2) is 36.7 Å². The van der Waals surface area contributed by atoms with Crippen LogP contribution >= 0.6 is 0 Å². The minimum atomic E-state index is 0.825. The van der Waals surface area contributed by atoms with Crippen LogP contribution in [0.1, 0.15) is 0 Å². The average Bonchev–Trinajstić information content (AvgIpc) is 2.21. The van der Waals surface area contributed by atoms with Crippen molar-refractivity contribution in [2.24, 2.45) is 0 Å². The van der Waals surface area contributed by atoms with Crippen molar-refractivity contribution >= 4 is 31.0 Å². The van der Waals surface area contributed by atoms with Gasteiger partial charge in [0.2, 0.25) is 0 Å². The lowest BCUT2D eigenvalue weighted by molar-refractivity contribution is 1.31. The van der Waals surface area contributed by atoms with Crippen LogP contribution in [0.3, 0.4) is 0 Å². The van der Waals surface area contributed by atoms with Crippen LogP contribution in [0.2, 0.25) is 0 Å². The summed E-state index contributed by atoms with van der Waals surface area (Å²) in [4.78, 5) is 8.41. The van der Waals surface area contributed by atoms with E-state index < -0.39 is 0 Å². The largest absolute Gasteiger partial charge is 0.266 e. The van der Waals surface area contributed by atoms with E-state index >= 15 is 0 Å². The molecule has 0 aliphatic heterocycles. The minimum Gasteiger partial charge on any atom is -0.266 e. The molecule has 2 aromatic heterocycles. The summed E-state index contributed by atoms with van der Waals surface area (Å²) in [6.45, 7) is 0. The van der Waals surface area contributed by atoms with Gasteiger partial charge in [-0.25, -0.2) is 0 Å². The average molecular weight is 210 g/mol. The summed E-state index contributed by atoms with van der Waals surface area (Å²) in [5, 5.41) is 1.80. The van der Waals surface area contributed by atoms with Gasteiger partial charge in [0.1, 0.15) is 0 Å². The Balaban J connectivity index is 2.40. The zero-order chi connectivity index (χ0) is 9.97. The highest BCUT2D eigenvalue weighted by atomic mass is 28.1. The third-order valence-electron chi connectivity index (χ3n) is 1.82. The van der Waals surface area contributed by atoms with Crippen LogP contribution in [0.4, 0.5) is 0 Å². The van der Waals surface area contributed by atoms with Crippen molar-refractivity contribution < 1.29 is 0 Å². The zero-order valence-electron chi connectivity index (χ0n) is 7.36. The Bertz CT molecular complexity index is 379. The van der Waals surface area contributed by atoms with Crippen molar-refractivity contribution in [2.45, 2.75) is 0 Å². The smallest absolute Gasteiger partial charge is 0.0994 e. The van der Waals surface area contributed by atoms with Gasteiger partial charge in [-0.2, -0.15) is 0 Å². The van der Waals surface area contributed by atoms with Gasteiger partial charge in [0.15, 0.2) is 0 Å². The molecule has 0 saturated heterocycles. The molecule has 0 fully saturated rings. The summed E-state index contributed by atoms with van der Waals surface area (Å²) in [5.41, 5.74) is 1.94. The van der Waals surface area contributed by atoms with E-state index in [1.165, 1.54) is 0 Å². The van der Waals surface area contributed by atoms with Crippen LogP contribution in [-0.2, 0) is 0 Å². The molecule has 0 spiro atoms. The van der Waals surface area contributed by atoms with Gasteiger partial charge in [-0.15, -0.1) is 0 Å². The molecule has 0 amide bonds. The molecule has 0 atom stereocenters. The molecule has 0 aliphatic carbocycles. The number of rotatable bonds is 1. The first kappa shape index (κ1) is 9.30. The highest BCUT2D eigenvalue weighted by molar-refractivity contribution is 6.32. The highest BCUT2D eigenvalue weighted by Gasteiger charge is 1.97. The fourth-order valence-corrected chi connectivity index (χ4v) is 1.41. The molecular formula is C10H6N2Si2. The normalized spacial score (nSPS) is 10.1. The van der Waals surface area contributed by atoms with E-state index in [1.54, 1.807) is 12.4 Å². The minimum absolute atomic E-state index is 0.825. The van der Waals surface area contributed by atoms with Crippen molar-refractivity contribution in [1.29, 1.82) is 0 Å². The van der Waals surface area contributed by atoms with E-state index in [4.69, 9.17) is 0 Å². The summed E-state index contributed by atoms with van der Waals surface area (Å²) in [5.74, 6) is 0. The van der Waals surface area contributed by atoms with Gasteiger partial charge in [-0.05, 0) is 23.4 Å². The molecule has 64 valence electrons. The Hall–Kier alpha value is -1.27. The van der Waals surface area contributed by atoms with Gasteiger partial charge in [-0.3, -0.25) is 9.97 Å². The highest BCUT2D eigenvalue weighted by Crippen LogP contribution is 2.11. The van der Waals surface area contributed by atoms with Gasteiger partial charge in [0.05, 0.1) is 26.2 Å². The molecule has 0 N–H and O–H groups in total. The maximum absolute atomic E-state index is 4.27. The molecule has 0 aromatic carbocycles. The lowest BCUT2D eigenvalue weighted by atomic mass is 10.2. The van der Waals surface area contributed by atoms with Crippen molar-refractivity contribution in [3.63, 3.8) is 0 Å². The van der Waals surface area contributed by atoms with Crippen molar-refractivity contribution in [3.8, 4) is 11.3 Å². The molecule has 14 heavy (non-hydrogen) atoms. The predicted octanol–water partition coefficient (Wildman–Crippen LogP) is -0.269. The third kappa shape index (κ3) is 1.97. The molecule has 4 heteroatoms. The van der Waals surface area contributed by atoms with Gasteiger partial charge in [-0.1, -0.05) is 6.07 Å². The molecule has 2 nitrogen and oxygen atoms in total. The van der Waals surface area contributed by atoms with Gasteiger partial charge in [0.25, 0.3) is 0 Å². The maximum atomic E-state index is 4.27. The Labute approximate surface area is 89.3 Å². The SMILES string of the molecule is [Si]c1ccc(-c2ccc([Si])nc2)nc1. The zero-order valence-corrected chi connectivity index (χ0v) is 9.36. The molecule has 6 radical (unpaired) electrons. The molecule has 0 bridgehead atoms. The van der Waals surface area contributed by atoms with Crippen LogP contribution in [0.5, 0.6) is 0 Å². The Morgan fingerprint density at radius 1 is 0.857 bits per heavy atom. The monoisotopic (exact) mass is 210 g/mol. The van der Waals surface area contributed by atoms with Crippen LogP contribution < -0.4 is 10.5 Å². The second-order valence-electron chi connectivity index (χ2n) is 2.86. The first-order valence-corrected chi connectivity index (χ1v) is 5.11. The molecular weight excluding hydrogens is 204 g/mol. The van der Waals surface area contributed by atoms with Crippen molar-refractivity contribution in [3.05, 3.63) is 36.7 Å². The molecule has 2 aromatic rings. The Kier molecular flexibility index (Phi) is 2.56. The van der Waals surface area contributed by atoms with E-state index in [0.29, 0.717) is 0 Å². The van der Waals surface area contributed by atoms with Gasteiger partial charge in [0, 0.05) is 23.3 Å². The third-order valence-corrected chi connectivity index (χ3v) is 2.41. The second kappa shape index (κ2) is 3.85. The Morgan fingerprint density at radius 3 is 2.29 bits per heavy atom. The van der Waals surface area contributed by atoms with E-state index in [9.17, 15) is 0 Å². The van der Waals surface area contributed by atoms with Crippen molar-refractivity contribution in [2.75, 3.05) is 0 Å². The van der Waals surface area contributed by atoms with Gasteiger partial charge >= 0.3 is 0 Å². The molecule has 2 rings (SSSR count). The fourth-order valence-electron chi connectivity index (χ4n) is 1.11. The van der Waals surface area contributed by atoms with Crippen LogP contribution in [0, 0.1) is 0 Å². The summed E-state index contributed by atoms with van der Waals surface area (Å²) >= 11 is 0. The summed E-state index contributed by atoms with van der Waals surface area (Å²) in [6.07, 6.45) is 3.56. The van der Waals surface area contributed by atoms with E-state index in [2.05, 4.69) is 30.5 Å². The summed E-state index contributed by atoms with van der Waals surface area (Å²) < 4.78 is 0. The number of nitrogens with zero attached hydrogens (tertiary/aromatic N) is 2. The first-order chi connectivity index (χ1) is 6.75. The predicted molar refractivity (Wildman–Crippen MR) is 58.2 cm³/mol. The topological polar surface area (TPSA) is 25.8 Å². The standard InChI is InChI=1S/C10H6N2Si2/c13-8-2-3-9(11-6-8)7-1-4-10(14)12-5-7/h1-6H. The van der Waals surface area contributed by atoms with Gasteiger partial charge < -0.3 is 0 Å². The second-order valence-corrected chi connectivity index (χ2v) is 3.95. The fraction of sp³-hybridized carbons (Fsp3) is 0. The molecule has 2 heterocycles.